The minimum atomic E-state index is 0.125. The zero-order valence-corrected chi connectivity index (χ0v) is 11.9. The SMILES string of the molecule is Cc1nnc(N(C)C(C)c2cc3ccccc3o2)s1. The maximum absolute atomic E-state index is 5.89. The third-order valence-electron chi connectivity index (χ3n) is 3.25. The highest BCUT2D eigenvalue weighted by Gasteiger charge is 2.19. The first-order chi connectivity index (χ1) is 9.15. The van der Waals surface area contributed by atoms with E-state index in [2.05, 4.69) is 34.2 Å². The number of furan rings is 1. The van der Waals surface area contributed by atoms with Crippen LogP contribution in [-0.4, -0.2) is 17.2 Å². The van der Waals surface area contributed by atoms with E-state index in [1.54, 1.807) is 11.3 Å². The fourth-order valence-electron chi connectivity index (χ4n) is 1.99. The van der Waals surface area contributed by atoms with E-state index in [0.29, 0.717) is 0 Å². The Kier molecular flexibility index (Phi) is 2.98. The smallest absolute Gasteiger partial charge is 0.208 e. The van der Waals surface area contributed by atoms with E-state index in [0.717, 1.165) is 26.9 Å². The molecule has 1 atom stereocenters. The molecule has 5 heteroatoms. The zero-order chi connectivity index (χ0) is 13.4. The molecular weight excluding hydrogens is 258 g/mol. The highest BCUT2D eigenvalue weighted by molar-refractivity contribution is 7.15. The summed E-state index contributed by atoms with van der Waals surface area (Å²) in [4.78, 5) is 2.09. The van der Waals surface area contributed by atoms with Gasteiger partial charge in [-0.3, -0.25) is 0 Å². The van der Waals surface area contributed by atoms with Crippen molar-refractivity contribution in [2.24, 2.45) is 0 Å². The molecule has 2 heterocycles. The molecule has 0 spiro atoms. The molecule has 1 aromatic carbocycles. The standard InChI is InChI=1S/C14H15N3OS/c1-9(17(3)14-16-15-10(2)19-14)13-8-11-6-4-5-7-12(11)18-13/h4-9H,1-3H3. The van der Waals surface area contributed by atoms with Gasteiger partial charge in [-0.1, -0.05) is 29.5 Å². The van der Waals surface area contributed by atoms with Gasteiger partial charge in [0.2, 0.25) is 5.13 Å². The fourth-order valence-corrected chi connectivity index (χ4v) is 2.72. The minimum Gasteiger partial charge on any atom is -0.459 e. The van der Waals surface area contributed by atoms with Gasteiger partial charge in [-0.2, -0.15) is 0 Å². The molecule has 0 bridgehead atoms. The van der Waals surface area contributed by atoms with Crippen LogP contribution in [0.3, 0.4) is 0 Å². The van der Waals surface area contributed by atoms with E-state index in [9.17, 15) is 0 Å². The second-order valence-corrected chi connectivity index (χ2v) is 5.74. The molecule has 0 aliphatic rings. The molecule has 0 aliphatic carbocycles. The van der Waals surface area contributed by atoms with Gasteiger partial charge in [-0.15, -0.1) is 10.2 Å². The summed E-state index contributed by atoms with van der Waals surface area (Å²) in [5, 5.41) is 11.2. The van der Waals surface area contributed by atoms with Crippen LogP contribution >= 0.6 is 11.3 Å². The number of hydrogen-bond acceptors (Lipinski definition) is 5. The van der Waals surface area contributed by atoms with Gasteiger partial charge < -0.3 is 9.32 Å². The van der Waals surface area contributed by atoms with Gasteiger partial charge in [0, 0.05) is 12.4 Å². The summed E-state index contributed by atoms with van der Waals surface area (Å²) in [6, 6.07) is 10.3. The molecule has 3 rings (SSSR count). The van der Waals surface area contributed by atoms with Gasteiger partial charge in [0.05, 0.1) is 6.04 Å². The van der Waals surface area contributed by atoms with Gasteiger partial charge in [-0.25, -0.2) is 0 Å². The van der Waals surface area contributed by atoms with Gasteiger partial charge in [-0.05, 0) is 26.0 Å². The van der Waals surface area contributed by atoms with Crippen molar-refractivity contribution in [2.45, 2.75) is 19.9 Å². The molecule has 1 unspecified atom stereocenters. The lowest BCUT2D eigenvalue weighted by Crippen LogP contribution is -2.20. The van der Waals surface area contributed by atoms with Crippen LogP contribution in [-0.2, 0) is 0 Å². The Morgan fingerprint density at radius 2 is 2.05 bits per heavy atom. The fraction of sp³-hybridized carbons (Fsp3) is 0.286. The van der Waals surface area contributed by atoms with Crippen molar-refractivity contribution in [3.63, 3.8) is 0 Å². The zero-order valence-electron chi connectivity index (χ0n) is 11.1. The first kappa shape index (κ1) is 12.2. The lowest BCUT2D eigenvalue weighted by molar-refractivity contribution is 0.501. The molecule has 0 fully saturated rings. The number of fused-ring (bicyclic) bond motifs is 1. The van der Waals surface area contributed by atoms with Crippen LogP contribution in [0.25, 0.3) is 11.0 Å². The van der Waals surface area contributed by atoms with Crippen LogP contribution in [0.1, 0.15) is 23.7 Å². The summed E-state index contributed by atoms with van der Waals surface area (Å²) < 4.78 is 5.89. The van der Waals surface area contributed by atoms with E-state index >= 15 is 0 Å². The number of nitrogens with zero attached hydrogens (tertiary/aromatic N) is 3. The predicted molar refractivity (Wildman–Crippen MR) is 77.7 cm³/mol. The molecule has 0 radical (unpaired) electrons. The van der Waals surface area contributed by atoms with Gasteiger partial charge >= 0.3 is 0 Å². The average molecular weight is 273 g/mol. The van der Waals surface area contributed by atoms with Crippen molar-refractivity contribution in [3.8, 4) is 0 Å². The van der Waals surface area contributed by atoms with E-state index < -0.39 is 0 Å². The number of benzene rings is 1. The Bertz CT molecular complexity index is 670. The Morgan fingerprint density at radius 1 is 1.26 bits per heavy atom. The van der Waals surface area contributed by atoms with Crippen molar-refractivity contribution < 1.29 is 4.42 Å². The predicted octanol–water partition coefficient (Wildman–Crippen LogP) is 3.79. The largest absolute Gasteiger partial charge is 0.459 e. The molecule has 2 aromatic heterocycles. The van der Waals surface area contributed by atoms with Crippen LogP contribution in [0.2, 0.25) is 0 Å². The number of anilines is 1. The summed E-state index contributed by atoms with van der Waals surface area (Å²) in [6.07, 6.45) is 0. The normalized spacial score (nSPS) is 12.8. The average Bonchev–Trinajstić information content (AvgIpc) is 3.02. The van der Waals surface area contributed by atoms with Crippen LogP contribution in [0.4, 0.5) is 5.13 Å². The van der Waals surface area contributed by atoms with Crippen molar-refractivity contribution in [1.82, 2.24) is 10.2 Å². The maximum atomic E-state index is 5.89. The Labute approximate surface area is 115 Å². The highest BCUT2D eigenvalue weighted by Crippen LogP contribution is 2.30. The number of hydrogen-bond donors (Lipinski definition) is 0. The van der Waals surface area contributed by atoms with E-state index in [4.69, 9.17) is 4.42 Å². The Morgan fingerprint density at radius 3 is 2.74 bits per heavy atom. The second kappa shape index (κ2) is 4.66. The lowest BCUT2D eigenvalue weighted by Gasteiger charge is -2.21. The first-order valence-electron chi connectivity index (χ1n) is 6.16. The molecule has 0 saturated heterocycles. The summed E-state index contributed by atoms with van der Waals surface area (Å²) in [7, 11) is 2.01. The van der Waals surface area contributed by atoms with Crippen molar-refractivity contribution in [1.29, 1.82) is 0 Å². The Hall–Kier alpha value is -1.88. The van der Waals surface area contributed by atoms with Gasteiger partial charge in [0.1, 0.15) is 16.4 Å². The number of para-hydroxylation sites is 1. The number of rotatable bonds is 3. The molecule has 4 nitrogen and oxygen atoms in total. The molecule has 0 N–H and O–H groups in total. The van der Waals surface area contributed by atoms with Crippen molar-refractivity contribution in [2.75, 3.05) is 11.9 Å². The molecule has 98 valence electrons. The summed E-state index contributed by atoms with van der Waals surface area (Å²) in [6.45, 7) is 4.06. The van der Waals surface area contributed by atoms with Crippen LogP contribution < -0.4 is 4.90 Å². The Balaban J connectivity index is 1.92. The van der Waals surface area contributed by atoms with Gasteiger partial charge in [0.25, 0.3) is 0 Å². The second-order valence-electron chi connectivity index (χ2n) is 4.58. The first-order valence-corrected chi connectivity index (χ1v) is 6.98. The van der Waals surface area contributed by atoms with Crippen molar-refractivity contribution in [3.05, 3.63) is 41.1 Å². The summed E-state index contributed by atoms with van der Waals surface area (Å²) >= 11 is 1.59. The maximum Gasteiger partial charge on any atom is 0.208 e. The summed E-state index contributed by atoms with van der Waals surface area (Å²) in [5.74, 6) is 0.941. The molecule has 19 heavy (non-hydrogen) atoms. The molecule has 0 amide bonds. The molecular formula is C14H15N3OS. The molecule has 0 aliphatic heterocycles. The third-order valence-corrected chi connectivity index (χ3v) is 4.18. The van der Waals surface area contributed by atoms with Gasteiger partial charge in [0.15, 0.2) is 0 Å². The van der Waals surface area contributed by atoms with E-state index in [1.165, 1.54) is 0 Å². The topological polar surface area (TPSA) is 42.2 Å². The van der Waals surface area contributed by atoms with Crippen molar-refractivity contribution >= 4 is 27.4 Å². The van der Waals surface area contributed by atoms with E-state index in [-0.39, 0.29) is 6.04 Å². The highest BCUT2D eigenvalue weighted by atomic mass is 32.1. The molecule has 0 saturated carbocycles. The van der Waals surface area contributed by atoms with Crippen LogP contribution in [0, 0.1) is 6.92 Å². The quantitative estimate of drug-likeness (QED) is 0.728. The number of aromatic nitrogens is 2. The number of aryl methyl sites for hydroxylation is 1. The summed E-state index contributed by atoms with van der Waals surface area (Å²) in [5.41, 5.74) is 0.922. The molecule has 3 aromatic rings. The minimum absolute atomic E-state index is 0.125. The monoisotopic (exact) mass is 273 g/mol. The van der Waals surface area contributed by atoms with Crippen LogP contribution in [0.5, 0.6) is 0 Å². The lowest BCUT2D eigenvalue weighted by atomic mass is 10.2. The third kappa shape index (κ3) is 2.21. The van der Waals surface area contributed by atoms with E-state index in [1.807, 2.05) is 32.2 Å². The van der Waals surface area contributed by atoms with Crippen LogP contribution in [0.15, 0.2) is 34.7 Å².